The van der Waals surface area contributed by atoms with E-state index < -0.39 is 17.8 Å². The van der Waals surface area contributed by atoms with Crippen molar-refractivity contribution in [1.82, 2.24) is 4.90 Å². The van der Waals surface area contributed by atoms with Crippen molar-refractivity contribution in [3.8, 4) is 5.75 Å². The summed E-state index contributed by atoms with van der Waals surface area (Å²) in [5.41, 5.74) is 8.32. The second-order valence-corrected chi connectivity index (χ2v) is 6.96. The van der Waals surface area contributed by atoms with Gasteiger partial charge in [0.25, 0.3) is 11.8 Å². The standard InChI is InChI=1S/C23H20FN3O3/c1-30-20-11-10-15(24)12-17(20)21(22(28)26-19-9-5-4-8-18(19)25)27-13-14-6-2-3-7-16(14)23(27)29/h2-12,21H,13,25H2,1H3,(H,26,28). The Kier molecular flexibility index (Phi) is 5.10. The zero-order valence-electron chi connectivity index (χ0n) is 16.3. The molecule has 6 nitrogen and oxygen atoms in total. The minimum atomic E-state index is -1.12. The average Bonchev–Trinajstić information content (AvgIpc) is 3.07. The third-order valence-electron chi connectivity index (χ3n) is 5.11. The third kappa shape index (κ3) is 3.45. The summed E-state index contributed by atoms with van der Waals surface area (Å²) >= 11 is 0. The SMILES string of the molecule is COc1ccc(F)cc1C(C(=O)Nc1ccccc1N)N1Cc2ccccc2C1=O. The summed E-state index contributed by atoms with van der Waals surface area (Å²) in [7, 11) is 1.43. The Morgan fingerprint density at radius 2 is 1.87 bits per heavy atom. The van der Waals surface area contributed by atoms with Gasteiger partial charge in [0.1, 0.15) is 17.6 Å². The maximum Gasteiger partial charge on any atom is 0.255 e. The predicted molar refractivity (Wildman–Crippen MR) is 111 cm³/mol. The molecule has 152 valence electrons. The van der Waals surface area contributed by atoms with Crippen LogP contribution in [-0.2, 0) is 11.3 Å². The Morgan fingerprint density at radius 3 is 2.60 bits per heavy atom. The number of methoxy groups -OCH3 is 1. The minimum Gasteiger partial charge on any atom is -0.496 e. The summed E-state index contributed by atoms with van der Waals surface area (Å²) in [5.74, 6) is -1.05. The molecule has 1 aliphatic heterocycles. The number of fused-ring (bicyclic) bond motifs is 1. The first-order valence-corrected chi connectivity index (χ1v) is 9.37. The van der Waals surface area contributed by atoms with Gasteiger partial charge >= 0.3 is 0 Å². The topological polar surface area (TPSA) is 84.7 Å². The van der Waals surface area contributed by atoms with Crippen LogP contribution in [0.1, 0.15) is 27.5 Å². The number of halogens is 1. The van der Waals surface area contributed by atoms with E-state index in [-0.39, 0.29) is 18.0 Å². The van der Waals surface area contributed by atoms with Crippen LogP contribution in [0.4, 0.5) is 15.8 Å². The number of carbonyl (C=O) groups excluding carboxylic acids is 2. The first kappa shape index (κ1) is 19.4. The largest absolute Gasteiger partial charge is 0.496 e. The number of para-hydroxylation sites is 2. The van der Waals surface area contributed by atoms with Crippen molar-refractivity contribution in [2.24, 2.45) is 0 Å². The lowest BCUT2D eigenvalue weighted by Gasteiger charge is -2.28. The molecule has 3 N–H and O–H groups in total. The van der Waals surface area contributed by atoms with E-state index in [4.69, 9.17) is 10.5 Å². The predicted octanol–water partition coefficient (Wildman–Crippen LogP) is 3.75. The molecular weight excluding hydrogens is 385 g/mol. The Hall–Kier alpha value is -3.87. The fraction of sp³-hybridized carbons (Fsp3) is 0.130. The van der Waals surface area contributed by atoms with Crippen LogP contribution in [0.3, 0.4) is 0 Å². The monoisotopic (exact) mass is 405 g/mol. The molecule has 3 aromatic carbocycles. The molecule has 0 bridgehead atoms. The molecule has 1 atom stereocenters. The summed E-state index contributed by atoms with van der Waals surface area (Å²) in [6.45, 7) is 0.219. The zero-order valence-corrected chi connectivity index (χ0v) is 16.3. The van der Waals surface area contributed by atoms with Crippen LogP contribution in [0.25, 0.3) is 0 Å². The zero-order chi connectivity index (χ0) is 21.3. The molecule has 7 heteroatoms. The fourth-order valence-electron chi connectivity index (χ4n) is 3.67. The van der Waals surface area contributed by atoms with Crippen molar-refractivity contribution in [1.29, 1.82) is 0 Å². The van der Waals surface area contributed by atoms with E-state index >= 15 is 0 Å². The van der Waals surface area contributed by atoms with Gasteiger partial charge in [0.2, 0.25) is 0 Å². The minimum absolute atomic E-state index is 0.219. The molecule has 0 aliphatic carbocycles. The van der Waals surface area contributed by atoms with Crippen LogP contribution in [0.15, 0.2) is 66.7 Å². The van der Waals surface area contributed by atoms with Crippen LogP contribution < -0.4 is 15.8 Å². The first-order valence-electron chi connectivity index (χ1n) is 9.37. The Bertz CT molecular complexity index is 1130. The lowest BCUT2D eigenvalue weighted by atomic mass is 10.0. The van der Waals surface area contributed by atoms with Gasteiger partial charge in [-0.15, -0.1) is 0 Å². The molecule has 0 saturated carbocycles. The van der Waals surface area contributed by atoms with Gasteiger partial charge in [0.15, 0.2) is 0 Å². The molecule has 0 aromatic heterocycles. The normalized spacial score (nSPS) is 13.7. The number of hydrogen-bond acceptors (Lipinski definition) is 4. The van der Waals surface area contributed by atoms with E-state index in [0.29, 0.717) is 22.7 Å². The van der Waals surface area contributed by atoms with E-state index in [1.165, 1.54) is 30.2 Å². The molecule has 4 rings (SSSR count). The molecule has 0 saturated heterocycles. The Labute approximate surface area is 173 Å². The van der Waals surface area contributed by atoms with Crippen molar-refractivity contribution >= 4 is 23.2 Å². The van der Waals surface area contributed by atoms with Gasteiger partial charge in [-0.3, -0.25) is 9.59 Å². The second kappa shape index (κ2) is 7.87. The summed E-state index contributed by atoms with van der Waals surface area (Å²) in [6, 6.07) is 16.7. The fourth-order valence-corrected chi connectivity index (χ4v) is 3.67. The van der Waals surface area contributed by atoms with Crippen LogP contribution in [0.5, 0.6) is 5.75 Å². The number of benzene rings is 3. The highest BCUT2D eigenvalue weighted by Crippen LogP contribution is 2.37. The molecule has 1 heterocycles. The smallest absolute Gasteiger partial charge is 0.255 e. The maximum absolute atomic E-state index is 14.1. The van der Waals surface area contributed by atoms with E-state index in [2.05, 4.69) is 5.32 Å². The number of rotatable bonds is 5. The highest BCUT2D eigenvalue weighted by atomic mass is 19.1. The molecular formula is C23H20FN3O3. The van der Waals surface area contributed by atoms with Crippen molar-refractivity contribution in [2.75, 3.05) is 18.2 Å². The van der Waals surface area contributed by atoms with E-state index in [9.17, 15) is 14.0 Å². The van der Waals surface area contributed by atoms with Gasteiger partial charge in [0.05, 0.1) is 18.5 Å². The van der Waals surface area contributed by atoms with Gasteiger partial charge in [-0.1, -0.05) is 30.3 Å². The van der Waals surface area contributed by atoms with Crippen molar-refractivity contribution in [3.05, 3.63) is 89.2 Å². The van der Waals surface area contributed by atoms with E-state index in [1.807, 2.05) is 12.1 Å². The highest BCUT2D eigenvalue weighted by molar-refractivity contribution is 6.04. The average molecular weight is 405 g/mol. The number of nitrogens with zero attached hydrogens (tertiary/aromatic N) is 1. The molecule has 1 aliphatic rings. The Balaban J connectivity index is 1.78. The van der Waals surface area contributed by atoms with Crippen LogP contribution in [-0.4, -0.2) is 23.8 Å². The second-order valence-electron chi connectivity index (χ2n) is 6.96. The number of nitrogen functional groups attached to an aromatic ring is 1. The number of nitrogens with one attached hydrogen (secondary N) is 1. The number of anilines is 2. The first-order chi connectivity index (χ1) is 14.5. The third-order valence-corrected chi connectivity index (χ3v) is 5.11. The summed E-state index contributed by atoms with van der Waals surface area (Å²) in [6.07, 6.45) is 0. The van der Waals surface area contributed by atoms with Gasteiger partial charge in [-0.25, -0.2) is 4.39 Å². The van der Waals surface area contributed by atoms with Crippen molar-refractivity contribution in [3.63, 3.8) is 0 Å². The maximum atomic E-state index is 14.1. The number of amides is 2. The number of nitrogens with two attached hydrogens (primary N) is 1. The van der Waals surface area contributed by atoms with E-state index in [0.717, 1.165) is 5.56 Å². The summed E-state index contributed by atoms with van der Waals surface area (Å²) < 4.78 is 19.5. The van der Waals surface area contributed by atoms with Crippen molar-refractivity contribution in [2.45, 2.75) is 12.6 Å². The lowest BCUT2D eigenvalue weighted by molar-refractivity contribution is -0.120. The van der Waals surface area contributed by atoms with Gasteiger partial charge in [0, 0.05) is 17.7 Å². The van der Waals surface area contributed by atoms with Crippen molar-refractivity contribution < 1.29 is 18.7 Å². The number of ether oxygens (including phenoxy) is 1. The molecule has 2 amide bonds. The van der Waals surface area contributed by atoms with Gasteiger partial charge in [-0.05, 0) is 42.0 Å². The summed E-state index contributed by atoms with van der Waals surface area (Å²) in [5, 5.41) is 2.77. The Morgan fingerprint density at radius 1 is 1.13 bits per heavy atom. The van der Waals surface area contributed by atoms with E-state index in [1.54, 1.807) is 36.4 Å². The number of carbonyl (C=O) groups is 2. The molecule has 30 heavy (non-hydrogen) atoms. The van der Waals surface area contributed by atoms with Gasteiger partial charge < -0.3 is 20.7 Å². The molecule has 1 unspecified atom stereocenters. The molecule has 0 fully saturated rings. The van der Waals surface area contributed by atoms with Gasteiger partial charge in [-0.2, -0.15) is 0 Å². The molecule has 3 aromatic rings. The van der Waals surface area contributed by atoms with Crippen LogP contribution in [0.2, 0.25) is 0 Å². The molecule has 0 radical (unpaired) electrons. The lowest BCUT2D eigenvalue weighted by Crippen LogP contribution is -2.38. The van der Waals surface area contributed by atoms with Crippen LogP contribution in [0, 0.1) is 5.82 Å². The quantitative estimate of drug-likeness (QED) is 0.633. The number of hydrogen-bond donors (Lipinski definition) is 2. The van der Waals surface area contributed by atoms with Crippen LogP contribution >= 0.6 is 0 Å². The molecule has 0 spiro atoms. The highest BCUT2D eigenvalue weighted by Gasteiger charge is 2.39. The summed E-state index contributed by atoms with van der Waals surface area (Å²) in [4.78, 5) is 27.9.